The molecule has 1 aromatic heterocycles. The van der Waals surface area contributed by atoms with Gasteiger partial charge in [0.2, 0.25) is 6.41 Å². The van der Waals surface area contributed by atoms with Crippen molar-refractivity contribution in [2.24, 2.45) is 0 Å². The second-order valence-electron chi connectivity index (χ2n) is 5.22. The molecule has 112 valence electrons. The maximum absolute atomic E-state index is 12.3. The highest BCUT2D eigenvalue weighted by molar-refractivity contribution is 6.36. The third kappa shape index (κ3) is 2.17. The fourth-order valence-corrected chi connectivity index (χ4v) is 2.75. The van der Waals surface area contributed by atoms with E-state index in [1.54, 1.807) is 18.3 Å². The van der Waals surface area contributed by atoms with E-state index in [9.17, 15) is 9.59 Å². The Hall–Kier alpha value is -3.41. The number of benzene rings is 2. The summed E-state index contributed by atoms with van der Waals surface area (Å²) in [4.78, 5) is 23.0. The number of amides is 2. The summed E-state index contributed by atoms with van der Waals surface area (Å²) in [5.74, 6) is -0.190. The van der Waals surface area contributed by atoms with Crippen LogP contribution in [0.15, 0.2) is 42.6 Å². The van der Waals surface area contributed by atoms with E-state index in [1.165, 1.54) is 0 Å². The van der Waals surface area contributed by atoms with Crippen molar-refractivity contribution in [3.63, 3.8) is 0 Å². The Balaban J connectivity index is 1.82. The van der Waals surface area contributed by atoms with E-state index in [-0.39, 0.29) is 5.91 Å². The van der Waals surface area contributed by atoms with Crippen molar-refractivity contribution < 1.29 is 9.59 Å². The van der Waals surface area contributed by atoms with Crippen LogP contribution in [-0.2, 0) is 9.59 Å². The molecule has 0 saturated carbocycles. The molecule has 0 bridgehead atoms. The van der Waals surface area contributed by atoms with Crippen molar-refractivity contribution in [2.75, 3.05) is 10.6 Å². The molecule has 0 unspecified atom stereocenters. The van der Waals surface area contributed by atoms with Crippen molar-refractivity contribution in [3.05, 3.63) is 53.7 Å². The minimum absolute atomic E-state index is 0.190. The Morgan fingerprint density at radius 2 is 2.09 bits per heavy atom. The van der Waals surface area contributed by atoms with Crippen molar-refractivity contribution >= 4 is 46.2 Å². The fraction of sp³-hybridized carbons (Fsp3) is 0. The number of anilines is 2. The molecule has 3 N–H and O–H groups in total. The standard InChI is InChI=1S/C17H12N4O2/c22-9-18-14-3-1-2-12-13(17(23)20-16(12)14)6-10-4-5-11-8-19-21-15(11)7-10/h1-9H,(H,18,22)(H,19,21)(H,20,23). The molecule has 3 aromatic rings. The molecule has 1 aliphatic heterocycles. The molecule has 0 spiro atoms. The molecule has 0 aliphatic carbocycles. The molecule has 23 heavy (non-hydrogen) atoms. The Kier molecular flexibility index (Phi) is 2.94. The van der Waals surface area contributed by atoms with Crippen LogP contribution in [-0.4, -0.2) is 22.5 Å². The zero-order chi connectivity index (χ0) is 15.8. The second kappa shape index (κ2) is 5.10. The van der Waals surface area contributed by atoms with Gasteiger partial charge in [-0.15, -0.1) is 0 Å². The number of nitrogens with zero attached hydrogens (tertiary/aromatic N) is 1. The molecule has 0 fully saturated rings. The third-order valence-electron chi connectivity index (χ3n) is 3.83. The highest BCUT2D eigenvalue weighted by atomic mass is 16.2. The van der Waals surface area contributed by atoms with Crippen LogP contribution in [0.2, 0.25) is 0 Å². The van der Waals surface area contributed by atoms with Gasteiger partial charge in [-0.1, -0.05) is 24.3 Å². The number of hydrogen-bond acceptors (Lipinski definition) is 3. The van der Waals surface area contributed by atoms with Gasteiger partial charge in [0, 0.05) is 16.5 Å². The van der Waals surface area contributed by atoms with Gasteiger partial charge in [0.25, 0.3) is 5.91 Å². The monoisotopic (exact) mass is 304 g/mol. The van der Waals surface area contributed by atoms with E-state index >= 15 is 0 Å². The first kappa shape index (κ1) is 13.3. The molecule has 2 heterocycles. The minimum atomic E-state index is -0.190. The summed E-state index contributed by atoms with van der Waals surface area (Å²) in [5, 5.41) is 13.3. The van der Waals surface area contributed by atoms with Gasteiger partial charge in [0.1, 0.15) is 0 Å². The van der Waals surface area contributed by atoms with Crippen LogP contribution in [0.3, 0.4) is 0 Å². The van der Waals surface area contributed by atoms with Crippen molar-refractivity contribution in [1.82, 2.24) is 10.2 Å². The highest BCUT2D eigenvalue weighted by Gasteiger charge is 2.26. The van der Waals surface area contributed by atoms with Gasteiger partial charge < -0.3 is 10.6 Å². The molecule has 0 radical (unpaired) electrons. The van der Waals surface area contributed by atoms with Gasteiger partial charge in [0.15, 0.2) is 0 Å². The highest BCUT2D eigenvalue weighted by Crippen LogP contribution is 2.38. The molecule has 0 saturated heterocycles. The predicted octanol–water partition coefficient (Wildman–Crippen LogP) is 2.62. The van der Waals surface area contributed by atoms with Gasteiger partial charge in [-0.2, -0.15) is 5.10 Å². The first-order chi connectivity index (χ1) is 11.3. The third-order valence-corrected chi connectivity index (χ3v) is 3.83. The summed E-state index contributed by atoms with van der Waals surface area (Å²) >= 11 is 0. The Labute approximate surface area is 131 Å². The SMILES string of the molecule is O=CNc1cccc2c1NC(=O)C2=Cc1ccc2cn[nH]c2c1. The van der Waals surface area contributed by atoms with E-state index in [2.05, 4.69) is 20.8 Å². The molecular weight excluding hydrogens is 292 g/mol. The van der Waals surface area contributed by atoms with Crippen LogP contribution >= 0.6 is 0 Å². The van der Waals surface area contributed by atoms with Crippen LogP contribution in [0.4, 0.5) is 11.4 Å². The number of rotatable bonds is 3. The van der Waals surface area contributed by atoms with Crippen LogP contribution in [0, 0.1) is 0 Å². The van der Waals surface area contributed by atoms with E-state index < -0.39 is 0 Å². The number of fused-ring (bicyclic) bond motifs is 2. The molecule has 6 heteroatoms. The van der Waals surface area contributed by atoms with Gasteiger partial charge in [-0.3, -0.25) is 14.7 Å². The normalized spacial score (nSPS) is 14.8. The lowest BCUT2D eigenvalue weighted by Gasteiger charge is -2.05. The lowest BCUT2D eigenvalue weighted by molar-refractivity contribution is -0.110. The molecular formula is C17H12N4O2. The summed E-state index contributed by atoms with van der Waals surface area (Å²) in [7, 11) is 0. The number of hydrogen-bond donors (Lipinski definition) is 3. The number of carbonyl (C=O) groups is 2. The number of H-pyrrole nitrogens is 1. The fourth-order valence-electron chi connectivity index (χ4n) is 2.75. The van der Waals surface area contributed by atoms with E-state index in [4.69, 9.17) is 0 Å². The zero-order valence-corrected chi connectivity index (χ0v) is 12.0. The van der Waals surface area contributed by atoms with E-state index in [1.807, 2.05) is 30.3 Å². The average Bonchev–Trinajstić information content (AvgIpc) is 3.13. The Bertz CT molecular complexity index is 972. The lowest BCUT2D eigenvalue weighted by Crippen LogP contribution is -2.05. The largest absolute Gasteiger partial charge is 0.327 e. The maximum atomic E-state index is 12.3. The molecule has 4 rings (SSSR count). The van der Waals surface area contributed by atoms with Gasteiger partial charge in [-0.05, 0) is 23.8 Å². The number of aromatic nitrogens is 2. The van der Waals surface area contributed by atoms with Gasteiger partial charge >= 0.3 is 0 Å². The maximum Gasteiger partial charge on any atom is 0.256 e. The topological polar surface area (TPSA) is 86.9 Å². The number of para-hydroxylation sites is 1. The second-order valence-corrected chi connectivity index (χ2v) is 5.22. The first-order valence-corrected chi connectivity index (χ1v) is 7.06. The quantitative estimate of drug-likeness (QED) is 0.513. The smallest absolute Gasteiger partial charge is 0.256 e. The minimum Gasteiger partial charge on any atom is -0.327 e. The summed E-state index contributed by atoms with van der Waals surface area (Å²) in [6.07, 6.45) is 4.17. The van der Waals surface area contributed by atoms with Crippen molar-refractivity contribution in [3.8, 4) is 0 Å². The van der Waals surface area contributed by atoms with Crippen LogP contribution in [0.1, 0.15) is 11.1 Å². The zero-order valence-electron chi connectivity index (χ0n) is 12.0. The van der Waals surface area contributed by atoms with Crippen LogP contribution in [0.25, 0.3) is 22.6 Å². The Morgan fingerprint density at radius 3 is 2.96 bits per heavy atom. The molecule has 0 atom stereocenters. The predicted molar refractivity (Wildman–Crippen MR) is 88.7 cm³/mol. The van der Waals surface area contributed by atoms with Gasteiger partial charge in [0.05, 0.1) is 23.1 Å². The van der Waals surface area contributed by atoms with E-state index in [0.29, 0.717) is 23.4 Å². The van der Waals surface area contributed by atoms with Crippen LogP contribution < -0.4 is 10.6 Å². The Morgan fingerprint density at radius 1 is 1.17 bits per heavy atom. The number of aromatic amines is 1. The van der Waals surface area contributed by atoms with Crippen molar-refractivity contribution in [2.45, 2.75) is 0 Å². The average molecular weight is 304 g/mol. The molecule has 2 aromatic carbocycles. The first-order valence-electron chi connectivity index (χ1n) is 7.06. The summed E-state index contributed by atoms with van der Waals surface area (Å²) in [6.45, 7) is 0. The summed E-state index contributed by atoms with van der Waals surface area (Å²) in [5.41, 5.74) is 4.35. The van der Waals surface area contributed by atoms with Crippen LogP contribution in [0.5, 0.6) is 0 Å². The van der Waals surface area contributed by atoms with E-state index in [0.717, 1.165) is 22.0 Å². The van der Waals surface area contributed by atoms with Gasteiger partial charge in [-0.25, -0.2) is 0 Å². The molecule has 1 aliphatic rings. The number of carbonyl (C=O) groups excluding carboxylic acids is 2. The summed E-state index contributed by atoms with van der Waals surface area (Å²) < 4.78 is 0. The molecule has 6 nitrogen and oxygen atoms in total. The molecule has 2 amide bonds. The van der Waals surface area contributed by atoms with Crippen molar-refractivity contribution in [1.29, 1.82) is 0 Å². The number of nitrogens with one attached hydrogen (secondary N) is 3. The lowest BCUT2D eigenvalue weighted by atomic mass is 10.0. The summed E-state index contributed by atoms with van der Waals surface area (Å²) in [6, 6.07) is 11.2.